The van der Waals surface area contributed by atoms with Gasteiger partial charge in [-0.2, -0.15) is 0 Å². The summed E-state index contributed by atoms with van der Waals surface area (Å²) in [5, 5.41) is 11.6. The normalized spacial score (nSPS) is 11.8. The number of carboxylic acid groups (broad SMARTS) is 1. The van der Waals surface area contributed by atoms with Gasteiger partial charge in [-0.05, 0) is 18.1 Å². The second kappa shape index (κ2) is 7.68. The Balaban J connectivity index is 2.62. The van der Waals surface area contributed by atoms with Gasteiger partial charge >= 0.3 is 5.97 Å². The molecule has 104 valence electrons. The molecule has 2 N–H and O–H groups in total. The van der Waals surface area contributed by atoms with E-state index in [9.17, 15) is 13.8 Å². The Bertz CT molecular complexity index is 487. The Hall–Kier alpha value is -1.69. The Morgan fingerprint density at radius 3 is 2.63 bits per heavy atom. The number of carboxylic acids is 1. The number of carbonyl (C=O) groups excluding carboxylic acids is 1. The molecule has 1 atom stereocenters. The summed E-state index contributed by atoms with van der Waals surface area (Å²) in [5.41, 5.74) is 0.612. The van der Waals surface area contributed by atoms with Crippen LogP contribution in [-0.2, 0) is 21.3 Å². The standard InChI is InChI=1S/C13H17NO4S/c1-2-7-14-12(15)9-19(18)8-10-5-3-4-6-11(10)13(16)17/h3-6H,2,7-9H2,1H3,(H,14,15)(H,16,17). The van der Waals surface area contributed by atoms with E-state index in [0.29, 0.717) is 12.1 Å². The van der Waals surface area contributed by atoms with Crippen molar-refractivity contribution in [2.24, 2.45) is 0 Å². The number of benzene rings is 1. The zero-order valence-corrected chi connectivity index (χ0v) is 11.5. The van der Waals surface area contributed by atoms with E-state index >= 15 is 0 Å². The molecule has 0 aliphatic heterocycles. The average Bonchev–Trinajstić information content (AvgIpc) is 2.36. The van der Waals surface area contributed by atoms with Gasteiger partial charge in [-0.1, -0.05) is 25.1 Å². The molecule has 1 unspecified atom stereocenters. The fourth-order valence-corrected chi connectivity index (χ4v) is 2.64. The molecule has 19 heavy (non-hydrogen) atoms. The number of carbonyl (C=O) groups is 2. The molecule has 0 saturated carbocycles. The highest BCUT2D eigenvalue weighted by Crippen LogP contribution is 2.11. The van der Waals surface area contributed by atoms with Crippen molar-refractivity contribution in [3.63, 3.8) is 0 Å². The van der Waals surface area contributed by atoms with Crippen LogP contribution in [0.1, 0.15) is 29.3 Å². The molecule has 0 heterocycles. The van der Waals surface area contributed by atoms with Crippen LogP contribution in [-0.4, -0.2) is 33.5 Å². The molecule has 1 aromatic rings. The molecule has 0 saturated heterocycles. The van der Waals surface area contributed by atoms with Gasteiger partial charge in [0.05, 0.1) is 5.56 Å². The molecule has 0 fully saturated rings. The molecule has 0 radical (unpaired) electrons. The molecule has 0 aromatic heterocycles. The minimum atomic E-state index is -1.41. The van der Waals surface area contributed by atoms with Gasteiger partial charge in [0.1, 0.15) is 5.75 Å². The van der Waals surface area contributed by atoms with Gasteiger partial charge in [0.25, 0.3) is 0 Å². The van der Waals surface area contributed by atoms with Crippen molar-refractivity contribution < 1.29 is 18.9 Å². The third kappa shape index (κ3) is 5.21. The summed E-state index contributed by atoms with van der Waals surface area (Å²) >= 11 is 0. The first-order valence-electron chi connectivity index (χ1n) is 5.97. The highest BCUT2D eigenvalue weighted by Gasteiger charge is 2.13. The molecule has 0 aliphatic rings. The van der Waals surface area contributed by atoms with Crippen LogP contribution in [0, 0.1) is 0 Å². The van der Waals surface area contributed by atoms with Crippen LogP contribution in [0.4, 0.5) is 0 Å². The van der Waals surface area contributed by atoms with Crippen molar-refractivity contribution in [3.05, 3.63) is 35.4 Å². The summed E-state index contributed by atoms with van der Waals surface area (Å²) in [6.45, 7) is 2.49. The number of hydrogen-bond acceptors (Lipinski definition) is 3. The minimum Gasteiger partial charge on any atom is -0.478 e. The fraction of sp³-hybridized carbons (Fsp3) is 0.385. The van der Waals surface area contributed by atoms with Crippen LogP contribution in [0.15, 0.2) is 24.3 Å². The van der Waals surface area contributed by atoms with E-state index in [1.165, 1.54) is 6.07 Å². The van der Waals surface area contributed by atoms with E-state index in [-0.39, 0.29) is 23.0 Å². The summed E-state index contributed by atoms with van der Waals surface area (Å²) in [5.74, 6) is -1.35. The zero-order chi connectivity index (χ0) is 14.3. The quantitative estimate of drug-likeness (QED) is 0.786. The fourth-order valence-electron chi connectivity index (χ4n) is 1.54. The Morgan fingerprint density at radius 1 is 1.32 bits per heavy atom. The number of aromatic carboxylic acids is 1. The molecule has 1 amide bonds. The van der Waals surface area contributed by atoms with Crippen LogP contribution < -0.4 is 5.32 Å². The second-order valence-corrected chi connectivity index (χ2v) is 5.50. The predicted molar refractivity (Wildman–Crippen MR) is 73.4 cm³/mol. The van der Waals surface area contributed by atoms with Gasteiger partial charge in [0.15, 0.2) is 0 Å². The molecular formula is C13H17NO4S. The number of amides is 1. The predicted octanol–water partition coefficient (Wildman–Crippen LogP) is 1.16. The molecular weight excluding hydrogens is 266 g/mol. The zero-order valence-electron chi connectivity index (χ0n) is 10.7. The maximum Gasteiger partial charge on any atom is 0.335 e. The lowest BCUT2D eigenvalue weighted by molar-refractivity contribution is -0.118. The van der Waals surface area contributed by atoms with Crippen LogP contribution >= 0.6 is 0 Å². The topological polar surface area (TPSA) is 83.5 Å². The maximum atomic E-state index is 11.8. The van der Waals surface area contributed by atoms with Gasteiger partial charge in [-0.25, -0.2) is 4.79 Å². The first-order valence-corrected chi connectivity index (χ1v) is 7.46. The van der Waals surface area contributed by atoms with Crippen molar-refractivity contribution in [1.29, 1.82) is 0 Å². The van der Waals surface area contributed by atoms with Crippen molar-refractivity contribution in [3.8, 4) is 0 Å². The molecule has 6 heteroatoms. The summed E-state index contributed by atoms with van der Waals surface area (Å²) in [6.07, 6.45) is 0.820. The van der Waals surface area contributed by atoms with Crippen molar-refractivity contribution >= 4 is 22.7 Å². The number of nitrogens with one attached hydrogen (secondary N) is 1. The van der Waals surface area contributed by atoms with Gasteiger partial charge in [0, 0.05) is 23.1 Å². The van der Waals surface area contributed by atoms with E-state index in [0.717, 1.165) is 6.42 Å². The lowest BCUT2D eigenvalue weighted by atomic mass is 10.1. The van der Waals surface area contributed by atoms with E-state index in [2.05, 4.69) is 5.32 Å². The van der Waals surface area contributed by atoms with Crippen LogP contribution in [0.25, 0.3) is 0 Å². The Morgan fingerprint density at radius 2 is 2.00 bits per heavy atom. The van der Waals surface area contributed by atoms with E-state index in [4.69, 9.17) is 5.11 Å². The summed E-state index contributed by atoms with van der Waals surface area (Å²) in [4.78, 5) is 22.4. The summed E-state index contributed by atoms with van der Waals surface area (Å²) < 4.78 is 11.8. The maximum absolute atomic E-state index is 11.8. The van der Waals surface area contributed by atoms with Crippen molar-refractivity contribution in [1.82, 2.24) is 5.32 Å². The van der Waals surface area contributed by atoms with Crippen LogP contribution in [0.5, 0.6) is 0 Å². The van der Waals surface area contributed by atoms with E-state index in [1.54, 1.807) is 18.2 Å². The number of rotatable bonds is 7. The third-order valence-electron chi connectivity index (χ3n) is 2.43. The Kier molecular flexibility index (Phi) is 6.21. The van der Waals surface area contributed by atoms with Crippen molar-refractivity contribution in [2.75, 3.05) is 12.3 Å². The minimum absolute atomic E-state index is 0.0714. The van der Waals surface area contributed by atoms with Gasteiger partial charge in [-0.15, -0.1) is 0 Å². The molecule has 5 nitrogen and oxygen atoms in total. The first kappa shape index (κ1) is 15.4. The van der Waals surface area contributed by atoms with Gasteiger partial charge in [-0.3, -0.25) is 9.00 Å². The second-order valence-electron chi connectivity index (χ2n) is 4.04. The molecule has 1 aromatic carbocycles. The molecule has 0 aliphatic carbocycles. The largest absolute Gasteiger partial charge is 0.478 e. The lowest BCUT2D eigenvalue weighted by Crippen LogP contribution is -2.29. The van der Waals surface area contributed by atoms with E-state index in [1.807, 2.05) is 6.92 Å². The summed E-state index contributed by atoms with van der Waals surface area (Å²) in [6, 6.07) is 6.39. The summed E-state index contributed by atoms with van der Waals surface area (Å²) in [7, 11) is -1.41. The Labute approximate surface area is 114 Å². The van der Waals surface area contributed by atoms with Crippen LogP contribution in [0.2, 0.25) is 0 Å². The monoisotopic (exact) mass is 283 g/mol. The van der Waals surface area contributed by atoms with Gasteiger partial charge < -0.3 is 10.4 Å². The first-order chi connectivity index (χ1) is 9.04. The van der Waals surface area contributed by atoms with Crippen LogP contribution in [0.3, 0.4) is 0 Å². The van der Waals surface area contributed by atoms with E-state index < -0.39 is 16.8 Å². The lowest BCUT2D eigenvalue weighted by Gasteiger charge is -2.06. The van der Waals surface area contributed by atoms with Gasteiger partial charge in [0.2, 0.25) is 5.91 Å². The molecule has 0 spiro atoms. The SMILES string of the molecule is CCCNC(=O)CS(=O)Cc1ccccc1C(=O)O. The highest BCUT2D eigenvalue weighted by atomic mass is 32.2. The molecule has 0 bridgehead atoms. The highest BCUT2D eigenvalue weighted by molar-refractivity contribution is 7.84. The third-order valence-corrected chi connectivity index (χ3v) is 3.65. The molecule has 1 rings (SSSR count). The smallest absolute Gasteiger partial charge is 0.335 e. The average molecular weight is 283 g/mol. The van der Waals surface area contributed by atoms with Crippen molar-refractivity contribution in [2.45, 2.75) is 19.1 Å². The number of hydrogen-bond donors (Lipinski definition) is 2.